The minimum atomic E-state index is -0.820. The standard InChI is InChI=1S/C13H14FNO2S/c14-10-3-1-2-9-8(10)4-6-13(9)15-11(12(16)17)5-7-18-13/h1-3,11,15H,4-7H2,(H,16,17). The van der Waals surface area contributed by atoms with Crippen LogP contribution in [0.2, 0.25) is 0 Å². The average Bonchev–Trinajstić information content (AvgIpc) is 2.70. The summed E-state index contributed by atoms with van der Waals surface area (Å²) in [6, 6.07) is 4.56. The molecule has 18 heavy (non-hydrogen) atoms. The van der Waals surface area contributed by atoms with Crippen LogP contribution in [-0.4, -0.2) is 22.9 Å². The minimum absolute atomic E-state index is 0.177. The third kappa shape index (κ3) is 1.73. The van der Waals surface area contributed by atoms with Crippen LogP contribution in [0.5, 0.6) is 0 Å². The number of fused-ring (bicyclic) bond motifs is 2. The lowest BCUT2D eigenvalue weighted by atomic mass is 10.0. The maximum Gasteiger partial charge on any atom is 0.320 e. The Morgan fingerprint density at radius 3 is 3.17 bits per heavy atom. The first-order chi connectivity index (χ1) is 8.62. The minimum Gasteiger partial charge on any atom is -0.480 e. The smallest absolute Gasteiger partial charge is 0.320 e. The van der Waals surface area contributed by atoms with Gasteiger partial charge in [0.1, 0.15) is 11.9 Å². The molecule has 2 unspecified atom stereocenters. The molecule has 0 amide bonds. The van der Waals surface area contributed by atoms with Gasteiger partial charge in [0, 0.05) is 0 Å². The summed E-state index contributed by atoms with van der Waals surface area (Å²) in [7, 11) is 0. The van der Waals surface area contributed by atoms with Gasteiger partial charge >= 0.3 is 5.97 Å². The van der Waals surface area contributed by atoms with E-state index in [4.69, 9.17) is 5.11 Å². The van der Waals surface area contributed by atoms with Gasteiger partial charge in [0.05, 0.1) is 4.87 Å². The monoisotopic (exact) mass is 267 g/mol. The zero-order chi connectivity index (χ0) is 12.8. The van der Waals surface area contributed by atoms with Gasteiger partial charge in [-0.1, -0.05) is 12.1 Å². The largest absolute Gasteiger partial charge is 0.480 e. The molecule has 96 valence electrons. The highest BCUT2D eigenvalue weighted by Crippen LogP contribution is 2.48. The van der Waals surface area contributed by atoms with E-state index in [-0.39, 0.29) is 5.82 Å². The van der Waals surface area contributed by atoms with E-state index in [1.54, 1.807) is 17.8 Å². The predicted molar refractivity (Wildman–Crippen MR) is 68.0 cm³/mol. The van der Waals surface area contributed by atoms with Gasteiger partial charge in [0.2, 0.25) is 0 Å². The number of nitrogens with one attached hydrogen (secondary N) is 1. The maximum atomic E-state index is 13.7. The van der Waals surface area contributed by atoms with Crippen molar-refractivity contribution in [2.75, 3.05) is 5.75 Å². The van der Waals surface area contributed by atoms with E-state index in [1.165, 1.54) is 6.07 Å². The first-order valence-corrected chi connectivity index (χ1v) is 7.03. The Hall–Kier alpha value is -1.07. The molecule has 1 spiro atoms. The SMILES string of the molecule is O=C(O)C1CCSC2(CCc3c(F)cccc32)N1. The average molecular weight is 267 g/mol. The normalized spacial score (nSPS) is 30.4. The van der Waals surface area contributed by atoms with Crippen molar-refractivity contribution in [3.05, 3.63) is 35.1 Å². The fourth-order valence-electron chi connectivity index (χ4n) is 2.86. The van der Waals surface area contributed by atoms with Gasteiger partial charge in [-0.05, 0) is 42.2 Å². The van der Waals surface area contributed by atoms with Crippen molar-refractivity contribution in [2.24, 2.45) is 0 Å². The zero-order valence-electron chi connectivity index (χ0n) is 9.78. The molecule has 2 N–H and O–H groups in total. The summed E-state index contributed by atoms with van der Waals surface area (Å²) < 4.78 is 13.7. The van der Waals surface area contributed by atoms with Crippen LogP contribution >= 0.6 is 11.8 Å². The first-order valence-electron chi connectivity index (χ1n) is 6.05. The highest BCUT2D eigenvalue weighted by molar-refractivity contribution is 8.00. The molecule has 2 aliphatic rings. The summed E-state index contributed by atoms with van der Waals surface area (Å²) in [6.07, 6.45) is 2.05. The molecule has 5 heteroatoms. The number of carbonyl (C=O) groups is 1. The quantitative estimate of drug-likeness (QED) is 0.818. The van der Waals surface area contributed by atoms with Crippen LogP contribution in [0.25, 0.3) is 0 Å². The molecule has 3 rings (SSSR count). The predicted octanol–water partition coefficient (Wildman–Crippen LogP) is 2.10. The van der Waals surface area contributed by atoms with Crippen LogP contribution < -0.4 is 5.32 Å². The van der Waals surface area contributed by atoms with Crippen molar-refractivity contribution in [3.63, 3.8) is 0 Å². The van der Waals surface area contributed by atoms with Crippen molar-refractivity contribution in [3.8, 4) is 0 Å². The van der Waals surface area contributed by atoms with Crippen LogP contribution in [-0.2, 0) is 16.1 Å². The highest BCUT2D eigenvalue weighted by atomic mass is 32.2. The number of halogens is 1. The van der Waals surface area contributed by atoms with E-state index in [0.29, 0.717) is 12.8 Å². The van der Waals surface area contributed by atoms with E-state index < -0.39 is 16.9 Å². The number of benzene rings is 1. The molecule has 1 aliphatic heterocycles. The van der Waals surface area contributed by atoms with E-state index in [9.17, 15) is 9.18 Å². The van der Waals surface area contributed by atoms with E-state index in [2.05, 4.69) is 5.32 Å². The summed E-state index contributed by atoms with van der Waals surface area (Å²) in [4.78, 5) is 10.7. The van der Waals surface area contributed by atoms with Gasteiger partial charge in [-0.2, -0.15) is 0 Å². The summed E-state index contributed by atoms with van der Waals surface area (Å²) in [5, 5.41) is 12.3. The van der Waals surface area contributed by atoms with Gasteiger partial charge in [-0.3, -0.25) is 10.1 Å². The first kappa shape index (κ1) is 12.0. The third-order valence-electron chi connectivity index (χ3n) is 3.74. The molecule has 0 aromatic heterocycles. The van der Waals surface area contributed by atoms with Crippen LogP contribution in [0.15, 0.2) is 18.2 Å². The Kier molecular flexibility index (Phi) is 2.83. The second-order valence-electron chi connectivity index (χ2n) is 4.77. The van der Waals surface area contributed by atoms with E-state index in [0.717, 1.165) is 23.3 Å². The fraction of sp³-hybridized carbons (Fsp3) is 0.462. The van der Waals surface area contributed by atoms with Crippen molar-refractivity contribution in [1.29, 1.82) is 0 Å². The summed E-state index contributed by atoms with van der Waals surface area (Å²) >= 11 is 1.70. The molecule has 0 radical (unpaired) electrons. The van der Waals surface area contributed by atoms with Crippen molar-refractivity contribution in [2.45, 2.75) is 30.2 Å². The van der Waals surface area contributed by atoms with Crippen LogP contribution in [0.4, 0.5) is 4.39 Å². The summed E-state index contributed by atoms with van der Waals surface area (Å²) in [5.41, 5.74) is 1.67. The van der Waals surface area contributed by atoms with Crippen LogP contribution in [0.3, 0.4) is 0 Å². The number of carboxylic acid groups (broad SMARTS) is 1. The van der Waals surface area contributed by atoms with E-state index >= 15 is 0 Å². The number of rotatable bonds is 1. The highest BCUT2D eigenvalue weighted by Gasteiger charge is 2.45. The second kappa shape index (κ2) is 4.24. The maximum absolute atomic E-state index is 13.7. The molecule has 3 nitrogen and oxygen atoms in total. The lowest BCUT2D eigenvalue weighted by Crippen LogP contribution is -2.51. The van der Waals surface area contributed by atoms with Crippen LogP contribution in [0, 0.1) is 5.82 Å². The van der Waals surface area contributed by atoms with Gasteiger partial charge in [0.25, 0.3) is 0 Å². The molecule has 1 aromatic rings. The molecule has 2 atom stereocenters. The number of carboxylic acids is 1. The Morgan fingerprint density at radius 2 is 2.39 bits per heavy atom. The number of aliphatic carboxylic acids is 1. The molecule has 1 saturated heterocycles. The second-order valence-corrected chi connectivity index (χ2v) is 6.16. The molecule has 0 bridgehead atoms. The summed E-state index contributed by atoms with van der Waals surface area (Å²) in [5.74, 6) is -0.205. The number of hydrogen-bond donors (Lipinski definition) is 2. The van der Waals surface area contributed by atoms with Crippen LogP contribution in [0.1, 0.15) is 24.0 Å². The van der Waals surface area contributed by atoms with Crippen molar-refractivity contribution < 1.29 is 14.3 Å². The lowest BCUT2D eigenvalue weighted by Gasteiger charge is -2.38. The van der Waals surface area contributed by atoms with Gasteiger partial charge in [0.15, 0.2) is 0 Å². The molecular formula is C13H14FNO2S. The molecule has 1 fully saturated rings. The van der Waals surface area contributed by atoms with Crippen molar-refractivity contribution >= 4 is 17.7 Å². The molecule has 1 heterocycles. The molecule has 1 aromatic carbocycles. The molecule has 0 saturated carbocycles. The topological polar surface area (TPSA) is 49.3 Å². The fourth-order valence-corrected chi connectivity index (χ4v) is 4.38. The van der Waals surface area contributed by atoms with Gasteiger partial charge in [-0.25, -0.2) is 4.39 Å². The Morgan fingerprint density at radius 1 is 1.56 bits per heavy atom. The van der Waals surface area contributed by atoms with Gasteiger partial charge < -0.3 is 5.11 Å². The summed E-state index contributed by atoms with van der Waals surface area (Å²) in [6.45, 7) is 0. The van der Waals surface area contributed by atoms with E-state index in [1.807, 2.05) is 6.07 Å². The number of thioether (sulfide) groups is 1. The Bertz CT molecular complexity index is 508. The van der Waals surface area contributed by atoms with Gasteiger partial charge in [-0.15, -0.1) is 11.8 Å². The Labute approximate surface area is 109 Å². The third-order valence-corrected chi connectivity index (χ3v) is 5.22. The molecular weight excluding hydrogens is 253 g/mol. The Balaban J connectivity index is 1.99. The zero-order valence-corrected chi connectivity index (χ0v) is 10.6. The molecule has 1 aliphatic carbocycles. The lowest BCUT2D eigenvalue weighted by molar-refractivity contribution is -0.140. The number of hydrogen-bond acceptors (Lipinski definition) is 3. The van der Waals surface area contributed by atoms with Crippen molar-refractivity contribution in [1.82, 2.24) is 5.32 Å².